The predicted molar refractivity (Wildman–Crippen MR) is 79.8 cm³/mol. The third-order valence-electron chi connectivity index (χ3n) is 4.24. The maximum Gasteiger partial charge on any atom is 0.416 e. The fourth-order valence-corrected chi connectivity index (χ4v) is 2.93. The number of aromatic nitrogens is 2. The molecular formula is C15H19F3N4O2. The van der Waals surface area contributed by atoms with Gasteiger partial charge in [-0.25, -0.2) is 4.98 Å². The molecule has 0 spiro atoms. The fourth-order valence-electron chi connectivity index (χ4n) is 2.93. The number of morpholine rings is 1. The van der Waals surface area contributed by atoms with Gasteiger partial charge in [-0.1, -0.05) is 0 Å². The Balaban J connectivity index is 1.74. The van der Waals surface area contributed by atoms with Crippen LogP contribution in [0.3, 0.4) is 0 Å². The number of halogens is 3. The van der Waals surface area contributed by atoms with Gasteiger partial charge in [0.05, 0.1) is 25.5 Å². The summed E-state index contributed by atoms with van der Waals surface area (Å²) in [5.74, 6) is 0.0556. The van der Waals surface area contributed by atoms with Crippen molar-refractivity contribution in [1.29, 1.82) is 0 Å². The van der Waals surface area contributed by atoms with E-state index in [1.165, 1.54) is 17.3 Å². The predicted octanol–water partition coefficient (Wildman–Crippen LogP) is 1.87. The molecule has 0 aromatic carbocycles. The van der Waals surface area contributed by atoms with Gasteiger partial charge in [-0.05, 0) is 19.3 Å². The normalized spacial score (nSPS) is 22.5. The van der Waals surface area contributed by atoms with Crippen LogP contribution in [0.1, 0.15) is 29.8 Å². The molecule has 132 valence electrons. The van der Waals surface area contributed by atoms with Crippen LogP contribution in [0.15, 0.2) is 12.4 Å². The van der Waals surface area contributed by atoms with Gasteiger partial charge in [-0.3, -0.25) is 9.78 Å². The van der Waals surface area contributed by atoms with E-state index in [-0.39, 0.29) is 37.1 Å². The minimum atomic E-state index is -4.42. The van der Waals surface area contributed by atoms with Gasteiger partial charge in [0, 0.05) is 19.6 Å². The van der Waals surface area contributed by atoms with E-state index in [0.717, 1.165) is 19.3 Å². The van der Waals surface area contributed by atoms with Crippen molar-refractivity contribution in [1.82, 2.24) is 14.9 Å². The highest BCUT2D eigenvalue weighted by molar-refractivity contribution is 5.92. The number of nitrogens with zero attached hydrogens (tertiary/aromatic N) is 4. The average Bonchev–Trinajstić information content (AvgIpc) is 2.61. The average molecular weight is 344 g/mol. The lowest BCUT2D eigenvalue weighted by molar-refractivity contribution is -0.221. The number of hydrogen-bond donors (Lipinski definition) is 0. The molecule has 2 aliphatic rings. The summed E-state index contributed by atoms with van der Waals surface area (Å²) in [5.41, 5.74) is 0.171. The molecule has 0 saturated carbocycles. The molecule has 9 heteroatoms. The molecule has 0 N–H and O–H groups in total. The van der Waals surface area contributed by atoms with E-state index in [9.17, 15) is 18.0 Å². The Labute approximate surface area is 137 Å². The lowest BCUT2D eigenvalue weighted by Gasteiger charge is -2.34. The summed E-state index contributed by atoms with van der Waals surface area (Å²) in [4.78, 5) is 23.9. The van der Waals surface area contributed by atoms with Gasteiger partial charge < -0.3 is 14.5 Å². The standard InChI is InChI=1S/C15H19F3N4O2/c16-15(17,18)12-10-22(6-7-24-12)13-9-19-8-11(20-13)14(23)21-4-2-1-3-5-21/h8-9,12H,1-7,10H2. The number of anilines is 1. The van der Waals surface area contributed by atoms with E-state index in [1.54, 1.807) is 4.90 Å². The summed E-state index contributed by atoms with van der Waals surface area (Å²) in [5, 5.41) is 0. The fraction of sp³-hybridized carbons (Fsp3) is 0.667. The monoisotopic (exact) mass is 344 g/mol. The van der Waals surface area contributed by atoms with Gasteiger partial charge in [0.15, 0.2) is 6.10 Å². The zero-order valence-corrected chi connectivity index (χ0v) is 13.1. The molecule has 2 aliphatic heterocycles. The summed E-state index contributed by atoms with van der Waals surface area (Å²) >= 11 is 0. The van der Waals surface area contributed by atoms with Gasteiger partial charge >= 0.3 is 6.18 Å². The first-order chi connectivity index (χ1) is 11.4. The van der Waals surface area contributed by atoms with Crippen molar-refractivity contribution in [3.05, 3.63) is 18.1 Å². The maximum absolute atomic E-state index is 12.8. The van der Waals surface area contributed by atoms with Gasteiger partial charge in [-0.2, -0.15) is 13.2 Å². The molecule has 2 saturated heterocycles. The van der Waals surface area contributed by atoms with Crippen molar-refractivity contribution < 1.29 is 22.7 Å². The summed E-state index contributed by atoms with van der Waals surface area (Å²) in [6.45, 7) is 1.25. The van der Waals surface area contributed by atoms with Crippen LogP contribution in [0.2, 0.25) is 0 Å². The van der Waals surface area contributed by atoms with Crippen molar-refractivity contribution in [2.24, 2.45) is 0 Å². The molecule has 3 rings (SSSR count). The van der Waals surface area contributed by atoms with E-state index in [2.05, 4.69) is 9.97 Å². The van der Waals surface area contributed by atoms with E-state index < -0.39 is 12.3 Å². The van der Waals surface area contributed by atoms with Crippen LogP contribution in [0.4, 0.5) is 19.0 Å². The highest BCUT2D eigenvalue weighted by atomic mass is 19.4. The molecule has 1 atom stereocenters. The molecule has 0 bridgehead atoms. The number of rotatable bonds is 2. The maximum atomic E-state index is 12.8. The zero-order valence-electron chi connectivity index (χ0n) is 13.1. The van der Waals surface area contributed by atoms with Gasteiger partial charge in [0.1, 0.15) is 11.5 Å². The van der Waals surface area contributed by atoms with Crippen LogP contribution in [-0.2, 0) is 4.74 Å². The lowest BCUT2D eigenvalue weighted by Crippen LogP contribution is -2.49. The van der Waals surface area contributed by atoms with Crippen LogP contribution >= 0.6 is 0 Å². The number of ether oxygens (including phenoxy) is 1. The number of piperidine rings is 1. The van der Waals surface area contributed by atoms with Gasteiger partial charge in [0.2, 0.25) is 0 Å². The Morgan fingerprint density at radius 3 is 2.62 bits per heavy atom. The summed E-state index contributed by atoms with van der Waals surface area (Å²) in [6.07, 6.45) is -0.524. The second kappa shape index (κ2) is 6.92. The largest absolute Gasteiger partial charge is 0.416 e. The number of likely N-dealkylation sites (tertiary alicyclic amines) is 1. The molecule has 1 unspecified atom stereocenters. The summed E-state index contributed by atoms with van der Waals surface area (Å²) in [6, 6.07) is 0. The van der Waals surface area contributed by atoms with Crippen molar-refractivity contribution >= 4 is 11.7 Å². The summed E-state index contributed by atoms with van der Waals surface area (Å²) in [7, 11) is 0. The lowest BCUT2D eigenvalue weighted by atomic mass is 10.1. The Morgan fingerprint density at radius 2 is 1.92 bits per heavy atom. The molecule has 2 fully saturated rings. The number of amides is 1. The third kappa shape index (κ3) is 3.77. The minimum absolute atomic E-state index is 0.0455. The number of alkyl halides is 3. The van der Waals surface area contributed by atoms with E-state index in [0.29, 0.717) is 13.1 Å². The first-order valence-corrected chi connectivity index (χ1v) is 8.00. The molecular weight excluding hydrogens is 325 g/mol. The smallest absolute Gasteiger partial charge is 0.365 e. The highest BCUT2D eigenvalue weighted by Gasteiger charge is 2.43. The van der Waals surface area contributed by atoms with Crippen LogP contribution in [0.5, 0.6) is 0 Å². The first kappa shape index (κ1) is 16.9. The Bertz CT molecular complexity index is 590. The van der Waals surface area contributed by atoms with Crippen LogP contribution in [0.25, 0.3) is 0 Å². The molecule has 1 aromatic heterocycles. The summed E-state index contributed by atoms with van der Waals surface area (Å²) < 4.78 is 43.3. The topological polar surface area (TPSA) is 58.6 Å². The van der Waals surface area contributed by atoms with Crippen LogP contribution in [0, 0.1) is 0 Å². The van der Waals surface area contributed by atoms with Gasteiger partial charge in [-0.15, -0.1) is 0 Å². The second-order valence-electron chi connectivity index (χ2n) is 5.96. The highest BCUT2D eigenvalue weighted by Crippen LogP contribution is 2.27. The molecule has 1 amide bonds. The van der Waals surface area contributed by atoms with Gasteiger partial charge in [0.25, 0.3) is 5.91 Å². The van der Waals surface area contributed by atoms with E-state index in [1.807, 2.05) is 0 Å². The Morgan fingerprint density at radius 1 is 1.17 bits per heavy atom. The SMILES string of the molecule is O=C(c1cncc(N2CCOC(C(F)(F)F)C2)n1)N1CCCCC1. The first-order valence-electron chi connectivity index (χ1n) is 8.00. The van der Waals surface area contributed by atoms with Crippen molar-refractivity contribution in [3.63, 3.8) is 0 Å². The number of carbonyl (C=O) groups is 1. The zero-order chi connectivity index (χ0) is 17.2. The minimum Gasteiger partial charge on any atom is -0.365 e. The number of hydrogen-bond acceptors (Lipinski definition) is 5. The van der Waals surface area contributed by atoms with E-state index in [4.69, 9.17) is 4.74 Å². The van der Waals surface area contributed by atoms with Crippen LogP contribution < -0.4 is 4.90 Å². The molecule has 1 aromatic rings. The van der Waals surface area contributed by atoms with Crippen molar-refractivity contribution in [3.8, 4) is 0 Å². The Kier molecular flexibility index (Phi) is 4.88. The molecule has 24 heavy (non-hydrogen) atoms. The second-order valence-corrected chi connectivity index (χ2v) is 5.96. The van der Waals surface area contributed by atoms with E-state index >= 15 is 0 Å². The molecule has 3 heterocycles. The van der Waals surface area contributed by atoms with Crippen LogP contribution in [-0.4, -0.2) is 65.8 Å². The third-order valence-corrected chi connectivity index (χ3v) is 4.24. The van der Waals surface area contributed by atoms with Crippen molar-refractivity contribution in [2.45, 2.75) is 31.5 Å². The quantitative estimate of drug-likeness (QED) is 0.820. The molecule has 0 radical (unpaired) electrons. The van der Waals surface area contributed by atoms with Crippen molar-refractivity contribution in [2.75, 3.05) is 37.7 Å². The molecule has 0 aliphatic carbocycles. The Hall–Kier alpha value is -1.90. The number of carbonyl (C=O) groups excluding carboxylic acids is 1. The molecule has 6 nitrogen and oxygen atoms in total.